The maximum absolute atomic E-state index is 13.1. The molecule has 0 aliphatic rings. The molecule has 3 aromatic heterocycles. The van der Waals surface area contributed by atoms with Crippen molar-refractivity contribution in [2.45, 2.75) is 26.8 Å². The number of nitrogens with zero attached hydrogens (tertiary/aromatic N) is 3. The predicted octanol–water partition coefficient (Wildman–Crippen LogP) is 1.22. The van der Waals surface area contributed by atoms with Gasteiger partial charge in [0, 0.05) is 33.0 Å². The van der Waals surface area contributed by atoms with Crippen LogP contribution in [0.4, 0.5) is 0 Å². The van der Waals surface area contributed by atoms with Crippen LogP contribution < -0.4 is 16.4 Å². The fourth-order valence-corrected chi connectivity index (χ4v) is 3.11. The molecule has 27 heavy (non-hydrogen) atoms. The zero-order valence-electron chi connectivity index (χ0n) is 15.7. The predicted molar refractivity (Wildman–Crippen MR) is 102 cm³/mol. The number of aryl methyl sites for hydroxylation is 2. The molecular formula is C19H23N5O3. The normalized spacial score (nSPS) is 11.2. The standard InChI is InChI=1S/C19H23N5O3/c1-4-21-18(25)13-11-14-17(23(15(13)20)9-6-10-27-3)22-16-12(2)7-5-8-24(16)19(14)26/h5,7-8,11,20H,4,6,9-10H2,1-3H3,(H,21,25). The van der Waals surface area contributed by atoms with Gasteiger partial charge in [0.15, 0.2) is 0 Å². The van der Waals surface area contributed by atoms with Gasteiger partial charge in [-0.15, -0.1) is 0 Å². The number of methoxy groups -OCH3 is 1. The first-order valence-corrected chi connectivity index (χ1v) is 8.86. The van der Waals surface area contributed by atoms with Crippen molar-refractivity contribution in [2.24, 2.45) is 0 Å². The van der Waals surface area contributed by atoms with E-state index in [-0.39, 0.29) is 22.5 Å². The Balaban J connectivity index is 2.38. The third-order valence-corrected chi connectivity index (χ3v) is 4.45. The molecule has 3 aromatic rings. The topological polar surface area (TPSA) is 101 Å². The minimum atomic E-state index is -0.376. The van der Waals surface area contributed by atoms with Gasteiger partial charge in [-0.2, -0.15) is 0 Å². The number of ether oxygens (including phenoxy) is 1. The lowest BCUT2D eigenvalue weighted by atomic mass is 10.2. The van der Waals surface area contributed by atoms with E-state index >= 15 is 0 Å². The number of amides is 1. The Labute approximate surface area is 155 Å². The maximum Gasteiger partial charge on any atom is 0.267 e. The van der Waals surface area contributed by atoms with Crippen LogP contribution in [0.15, 0.2) is 29.2 Å². The second-order valence-electron chi connectivity index (χ2n) is 6.30. The molecule has 0 radical (unpaired) electrons. The van der Waals surface area contributed by atoms with E-state index in [9.17, 15) is 9.59 Å². The van der Waals surface area contributed by atoms with Crippen LogP contribution in [0.1, 0.15) is 29.3 Å². The van der Waals surface area contributed by atoms with Crippen molar-refractivity contribution in [2.75, 3.05) is 20.3 Å². The summed E-state index contributed by atoms with van der Waals surface area (Å²) in [5, 5.41) is 11.5. The molecule has 2 N–H and O–H groups in total. The Kier molecular flexibility index (Phi) is 5.36. The third kappa shape index (κ3) is 3.35. The fourth-order valence-electron chi connectivity index (χ4n) is 3.11. The molecule has 8 nitrogen and oxygen atoms in total. The van der Waals surface area contributed by atoms with E-state index in [2.05, 4.69) is 10.3 Å². The lowest BCUT2D eigenvalue weighted by molar-refractivity contribution is 0.0953. The van der Waals surface area contributed by atoms with Gasteiger partial charge < -0.3 is 14.6 Å². The lowest BCUT2D eigenvalue weighted by Gasteiger charge is -2.15. The first-order valence-electron chi connectivity index (χ1n) is 8.86. The number of pyridine rings is 2. The fraction of sp³-hybridized carbons (Fsp3) is 0.368. The third-order valence-electron chi connectivity index (χ3n) is 4.45. The summed E-state index contributed by atoms with van der Waals surface area (Å²) >= 11 is 0. The van der Waals surface area contributed by atoms with E-state index < -0.39 is 0 Å². The van der Waals surface area contributed by atoms with Gasteiger partial charge in [-0.3, -0.25) is 19.4 Å². The van der Waals surface area contributed by atoms with Crippen LogP contribution in [0, 0.1) is 12.3 Å². The number of aromatic nitrogens is 3. The highest BCUT2D eigenvalue weighted by atomic mass is 16.5. The van der Waals surface area contributed by atoms with Crippen molar-refractivity contribution in [1.29, 1.82) is 5.41 Å². The first-order chi connectivity index (χ1) is 13.0. The molecule has 0 aliphatic heterocycles. The smallest absolute Gasteiger partial charge is 0.267 e. The van der Waals surface area contributed by atoms with E-state index in [1.807, 2.05) is 19.9 Å². The number of fused-ring (bicyclic) bond motifs is 2. The largest absolute Gasteiger partial charge is 0.385 e. The Bertz CT molecular complexity index is 1130. The molecule has 8 heteroatoms. The molecule has 1 amide bonds. The van der Waals surface area contributed by atoms with Gasteiger partial charge in [0.2, 0.25) is 0 Å². The number of rotatable bonds is 6. The molecule has 0 bridgehead atoms. The first kappa shape index (κ1) is 18.8. The van der Waals surface area contributed by atoms with E-state index in [0.717, 1.165) is 5.56 Å². The van der Waals surface area contributed by atoms with E-state index in [4.69, 9.17) is 10.1 Å². The van der Waals surface area contributed by atoms with Crippen molar-refractivity contribution < 1.29 is 9.53 Å². The Morgan fingerprint density at radius 2 is 2.15 bits per heavy atom. The lowest BCUT2D eigenvalue weighted by Crippen LogP contribution is -2.35. The van der Waals surface area contributed by atoms with E-state index in [1.54, 1.807) is 23.9 Å². The van der Waals surface area contributed by atoms with Crippen LogP contribution in [0.25, 0.3) is 16.7 Å². The Morgan fingerprint density at radius 3 is 2.85 bits per heavy atom. The van der Waals surface area contributed by atoms with Crippen LogP contribution in [-0.4, -0.2) is 40.1 Å². The summed E-state index contributed by atoms with van der Waals surface area (Å²) in [7, 11) is 1.61. The summed E-state index contributed by atoms with van der Waals surface area (Å²) in [4.78, 5) is 30.1. The number of carbonyl (C=O) groups excluding carboxylic acids is 1. The van der Waals surface area contributed by atoms with Gasteiger partial charge in [0.25, 0.3) is 11.5 Å². The molecule has 3 rings (SSSR count). The molecule has 0 unspecified atom stereocenters. The number of hydrogen-bond donors (Lipinski definition) is 2. The molecule has 142 valence electrons. The van der Waals surface area contributed by atoms with Gasteiger partial charge in [-0.1, -0.05) is 6.07 Å². The quantitative estimate of drug-likeness (QED) is 0.504. The van der Waals surface area contributed by atoms with Crippen molar-refractivity contribution in [3.63, 3.8) is 0 Å². The van der Waals surface area contributed by atoms with Gasteiger partial charge in [-0.25, -0.2) is 4.98 Å². The number of nitrogens with one attached hydrogen (secondary N) is 2. The van der Waals surface area contributed by atoms with Crippen molar-refractivity contribution >= 4 is 22.6 Å². The number of hydrogen-bond acceptors (Lipinski definition) is 5. The average Bonchev–Trinajstić information content (AvgIpc) is 2.65. The monoisotopic (exact) mass is 369 g/mol. The SMILES string of the molecule is CCNC(=O)c1cc2c(=O)n3cccc(C)c3nc2n(CCCOC)c1=N. The van der Waals surface area contributed by atoms with Crippen LogP contribution in [-0.2, 0) is 11.3 Å². The van der Waals surface area contributed by atoms with Crippen LogP contribution >= 0.6 is 0 Å². The maximum atomic E-state index is 13.1. The summed E-state index contributed by atoms with van der Waals surface area (Å²) in [6, 6.07) is 5.14. The molecule has 0 aliphatic carbocycles. The van der Waals surface area contributed by atoms with Crippen LogP contribution in [0.2, 0.25) is 0 Å². The Morgan fingerprint density at radius 1 is 1.37 bits per heavy atom. The molecule has 0 atom stereocenters. The van der Waals surface area contributed by atoms with Gasteiger partial charge in [0.1, 0.15) is 16.8 Å². The molecule has 0 spiro atoms. The van der Waals surface area contributed by atoms with Gasteiger partial charge in [-0.05, 0) is 38.0 Å². The van der Waals surface area contributed by atoms with E-state index in [1.165, 1.54) is 10.5 Å². The highest BCUT2D eigenvalue weighted by molar-refractivity contribution is 5.96. The second kappa shape index (κ2) is 7.71. The Hall–Kier alpha value is -3.00. The minimum absolute atomic E-state index is 0.0365. The van der Waals surface area contributed by atoms with Crippen molar-refractivity contribution in [3.8, 4) is 0 Å². The summed E-state index contributed by atoms with van der Waals surface area (Å²) in [6.07, 6.45) is 2.29. The van der Waals surface area contributed by atoms with Crippen molar-refractivity contribution in [1.82, 2.24) is 19.3 Å². The zero-order chi connectivity index (χ0) is 19.6. The summed E-state index contributed by atoms with van der Waals surface area (Å²) in [6.45, 7) is 5.05. The molecule has 0 aromatic carbocycles. The average molecular weight is 369 g/mol. The zero-order valence-corrected chi connectivity index (χ0v) is 15.7. The highest BCUT2D eigenvalue weighted by Gasteiger charge is 2.17. The molecule has 0 saturated heterocycles. The van der Waals surface area contributed by atoms with Crippen LogP contribution in [0.3, 0.4) is 0 Å². The van der Waals surface area contributed by atoms with E-state index in [0.29, 0.717) is 42.8 Å². The molecular weight excluding hydrogens is 346 g/mol. The summed E-state index contributed by atoms with van der Waals surface area (Å²) in [5.41, 5.74) is 1.75. The molecule has 3 heterocycles. The van der Waals surface area contributed by atoms with Gasteiger partial charge in [0.05, 0.1) is 10.9 Å². The van der Waals surface area contributed by atoms with Gasteiger partial charge >= 0.3 is 0 Å². The molecule has 0 saturated carbocycles. The number of carbonyl (C=O) groups is 1. The summed E-state index contributed by atoms with van der Waals surface area (Å²) in [5.74, 6) is -0.376. The molecule has 0 fully saturated rings. The minimum Gasteiger partial charge on any atom is -0.385 e. The van der Waals surface area contributed by atoms with Crippen molar-refractivity contribution in [3.05, 3.63) is 51.4 Å². The second-order valence-corrected chi connectivity index (χ2v) is 6.30. The van der Waals surface area contributed by atoms with Crippen LogP contribution in [0.5, 0.6) is 0 Å². The summed E-state index contributed by atoms with van der Waals surface area (Å²) < 4.78 is 8.20. The highest BCUT2D eigenvalue weighted by Crippen LogP contribution is 2.13.